The lowest BCUT2D eigenvalue weighted by Crippen LogP contribution is -2.39. The molecule has 7 nitrogen and oxygen atoms in total. The van der Waals surface area contributed by atoms with E-state index in [0.717, 1.165) is 17.9 Å². The van der Waals surface area contributed by atoms with Crippen molar-refractivity contribution in [2.75, 3.05) is 12.9 Å². The number of amides is 1. The Morgan fingerprint density at radius 2 is 2.07 bits per heavy atom. The van der Waals surface area contributed by atoms with Crippen molar-refractivity contribution in [3.05, 3.63) is 64.2 Å². The van der Waals surface area contributed by atoms with E-state index in [-0.39, 0.29) is 28.9 Å². The molecule has 0 N–H and O–H groups in total. The molecule has 1 saturated heterocycles. The smallest absolute Gasteiger partial charge is 0.311 e. The number of hydrogen-bond acceptors (Lipinski definition) is 6. The van der Waals surface area contributed by atoms with Gasteiger partial charge in [-0.05, 0) is 30.7 Å². The quantitative estimate of drug-likeness (QED) is 0.567. The van der Waals surface area contributed by atoms with Crippen molar-refractivity contribution in [1.29, 1.82) is 0 Å². The van der Waals surface area contributed by atoms with Gasteiger partial charge in [-0.2, -0.15) is 0 Å². The highest BCUT2D eigenvalue weighted by molar-refractivity contribution is 8.14. The fourth-order valence-corrected chi connectivity index (χ4v) is 4.10. The number of para-hydroxylation sites is 1. The minimum absolute atomic E-state index is 0.00822. The second-order valence-electron chi connectivity index (χ2n) is 5.92. The molecule has 140 valence electrons. The van der Waals surface area contributed by atoms with Crippen LogP contribution in [0.25, 0.3) is 0 Å². The van der Waals surface area contributed by atoms with Gasteiger partial charge in [-0.3, -0.25) is 19.8 Å². The molecule has 1 aliphatic rings. The zero-order valence-corrected chi connectivity index (χ0v) is 15.8. The van der Waals surface area contributed by atoms with E-state index in [9.17, 15) is 14.9 Å². The number of hydrogen-bond donors (Lipinski definition) is 0. The molecule has 8 heteroatoms. The van der Waals surface area contributed by atoms with Crippen molar-refractivity contribution in [3.8, 4) is 5.75 Å². The summed E-state index contributed by atoms with van der Waals surface area (Å²) in [7, 11) is 1.36. The molecule has 1 atom stereocenters. The van der Waals surface area contributed by atoms with Crippen molar-refractivity contribution in [3.63, 3.8) is 0 Å². The van der Waals surface area contributed by atoms with Crippen LogP contribution in [0, 0.1) is 10.1 Å². The van der Waals surface area contributed by atoms with Crippen LogP contribution in [0.4, 0.5) is 11.4 Å². The number of carbonyl (C=O) groups is 1. The predicted octanol–water partition coefficient (Wildman–Crippen LogP) is 4.26. The first-order valence-electron chi connectivity index (χ1n) is 8.47. The number of nitro benzene ring substituents is 1. The molecule has 3 rings (SSSR count). The van der Waals surface area contributed by atoms with Crippen LogP contribution >= 0.6 is 11.8 Å². The largest absolute Gasteiger partial charge is 0.490 e. The normalized spacial score (nSPS) is 17.9. The monoisotopic (exact) mass is 385 g/mol. The van der Waals surface area contributed by atoms with Crippen LogP contribution in [0.15, 0.2) is 53.5 Å². The minimum Gasteiger partial charge on any atom is -0.490 e. The molecule has 1 amide bonds. The van der Waals surface area contributed by atoms with E-state index in [1.165, 1.54) is 31.0 Å². The van der Waals surface area contributed by atoms with Gasteiger partial charge in [0.1, 0.15) is 0 Å². The van der Waals surface area contributed by atoms with Crippen LogP contribution in [0.2, 0.25) is 0 Å². The Bertz CT molecular complexity index is 886. The highest BCUT2D eigenvalue weighted by atomic mass is 32.2. The van der Waals surface area contributed by atoms with Crippen molar-refractivity contribution in [2.24, 2.45) is 4.99 Å². The molecule has 2 aromatic carbocycles. The molecule has 1 fully saturated rings. The molecule has 2 aromatic rings. The standard InChI is InChI=1S/C19H19N3O4S/c1-3-15-12-27-19(20-14-7-5-4-6-8-14)21(15)18(23)13-9-10-17(26-2)16(11-13)22(24)25/h4-11,15H,3,12H2,1-2H3/t15-/m1/s1. The summed E-state index contributed by atoms with van der Waals surface area (Å²) < 4.78 is 5.01. The molecule has 1 aliphatic heterocycles. The van der Waals surface area contributed by atoms with Gasteiger partial charge in [0.2, 0.25) is 0 Å². The van der Waals surface area contributed by atoms with Crippen LogP contribution in [-0.4, -0.2) is 39.8 Å². The van der Waals surface area contributed by atoms with Crippen LogP contribution in [0.1, 0.15) is 23.7 Å². The maximum atomic E-state index is 13.2. The number of benzene rings is 2. The molecule has 0 bridgehead atoms. The van der Waals surface area contributed by atoms with E-state index < -0.39 is 4.92 Å². The molecule has 1 heterocycles. The van der Waals surface area contributed by atoms with E-state index in [0.29, 0.717) is 5.17 Å². The van der Waals surface area contributed by atoms with Crippen LogP contribution < -0.4 is 4.74 Å². The number of carbonyl (C=O) groups excluding carboxylic acids is 1. The summed E-state index contributed by atoms with van der Waals surface area (Å²) in [5, 5.41) is 11.9. The Kier molecular flexibility index (Phi) is 5.75. The van der Waals surface area contributed by atoms with Gasteiger partial charge in [-0.1, -0.05) is 36.9 Å². The average molecular weight is 385 g/mol. The number of rotatable bonds is 5. The van der Waals surface area contributed by atoms with Crippen molar-refractivity contribution < 1.29 is 14.5 Å². The number of nitrogens with zero attached hydrogens (tertiary/aromatic N) is 3. The summed E-state index contributed by atoms with van der Waals surface area (Å²) in [4.78, 5) is 30.1. The van der Waals surface area contributed by atoms with E-state index in [1.807, 2.05) is 37.3 Å². The van der Waals surface area contributed by atoms with E-state index in [2.05, 4.69) is 4.99 Å². The third-order valence-electron chi connectivity index (χ3n) is 4.27. The van der Waals surface area contributed by atoms with Gasteiger partial charge in [0, 0.05) is 23.4 Å². The van der Waals surface area contributed by atoms with E-state index in [1.54, 1.807) is 11.0 Å². The summed E-state index contributed by atoms with van der Waals surface area (Å²) >= 11 is 1.52. The Balaban J connectivity index is 1.98. The number of thioether (sulfide) groups is 1. The summed E-state index contributed by atoms with van der Waals surface area (Å²) in [6.07, 6.45) is 0.769. The van der Waals surface area contributed by atoms with Gasteiger partial charge in [-0.25, -0.2) is 4.99 Å². The van der Waals surface area contributed by atoms with Crippen molar-refractivity contribution in [1.82, 2.24) is 4.90 Å². The maximum absolute atomic E-state index is 13.2. The number of aliphatic imine (C=N–C) groups is 1. The summed E-state index contributed by atoms with van der Waals surface area (Å²) in [5.41, 5.74) is 0.768. The Morgan fingerprint density at radius 3 is 2.70 bits per heavy atom. The molecule has 0 aromatic heterocycles. The second-order valence-corrected chi connectivity index (χ2v) is 6.91. The lowest BCUT2D eigenvalue weighted by molar-refractivity contribution is -0.385. The molecular formula is C19H19N3O4S. The van der Waals surface area contributed by atoms with E-state index >= 15 is 0 Å². The zero-order chi connectivity index (χ0) is 19.4. The predicted molar refractivity (Wildman–Crippen MR) is 106 cm³/mol. The van der Waals surface area contributed by atoms with Gasteiger partial charge in [0.25, 0.3) is 5.91 Å². The van der Waals surface area contributed by atoms with Gasteiger partial charge in [0.15, 0.2) is 10.9 Å². The van der Waals surface area contributed by atoms with E-state index in [4.69, 9.17) is 4.74 Å². The Morgan fingerprint density at radius 1 is 1.33 bits per heavy atom. The summed E-state index contributed by atoms with van der Waals surface area (Å²) in [5.74, 6) is 0.566. The first-order valence-corrected chi connectivity index (χ1v) is 9.46. The van der Waals surface area contributed by atoms with Crippen LogP contribution in [-0.2, 0) is 0 Å². The Hall–Kier alpha value is -2.87. The molecule has 0 spiro atoms. The number of ether oxygens (including phenoxy) is 1. The van der Waals surface area contributed by atoms with Gasteiger partial charge in [-0.15, -0.1) is 0 Å². The van der Waals surface area contributed by atoms with Crippen molar-refractivity contribution in [2.45, 2.75) is 19.4 Å². The number of methoxy groups -OCH3 is 1. The number of nitro groups is 1. The van der Waals surface area contributed by atoms with Gasteiger partial charge >= 0.3 is 5.69 Å². The third-order valence-corrected chi connectivity index (χ3v) is 5.37. The lowest BCUT2D eigenvalue weighted by Gasteiger charge is -2.23. The van der Waals surface area contributed by atoms with Gasteiger partial charge < -0.3 is 4.74 Å². The molecule has 0 unspecified atom stereocenters. The fraction of sp³-hybridized carbons (Fsp3) is 0.263. The molecule has 0 radical (unpaired) electrons. The van der Waals surface area contributed by atoms with Gasteiger partial charge in [0.05, 0.1) is 17.7 Å². The molecule has 0 aliphatic carbocycles. The first kappa shape index (κ1) is 18.9. The summed E-state index contributed by atoms with van der Waals surface area (Å²) in [6.45, 7) is 2.01. The fourth-order valence-electron chi connectivity index (χ4n) is 2.83. The average Bonchev–Trinajstić information content (AvgIpc) is 3.10. The SMILES string of the molecule is CC[C@@H]1CSC(=Nc2ccccc2)N1C(=O)c1ccc(OC)c([N+](=O)[O-])c1. The zero-order valence-electron chi connectivity index (χ0n) is 15.0. The number of amidine groups is 1. The van der Waals surface area contributed by atoms with Crippen LogP contribution in [0.5, 0.6) is 5.75 Å². The third kappa shape index (κ3) is 3.95. The Labute approximate surface area is 161 Å². The molecular weight excluding hydrogens is 366 g/mol. The van der Waals surface area contributed by atoms with Crippen molar-refractivity contribution >= 4 is 34.2 Å². The van der Waals surface area contributed by atoms with Crippen LogP contribution in [0.3, 0.4) is 0 Å². The minimum atomic E-state index is -0.551. The molecule has 0 saturated carbocycles. The molecule has 27 heavy (non-hydrogen) atoms. The second kappa shape index (κ2) is 8.22. The first-order chi connectivity index (χ1) is 13.0. The lowest BCUT2D eigenvalue weighted by atomic mass is 10.1. The summed E-state index contributed by atoms with van der Waals surface area (Å²) in [6, 6.07) is 13.7. The highest BCUT2D eigenvalue weighted by Gasteiger charge is 2.35. The topological polar surface area (TPSA) is 85.0 Å². The highest BCUT2D eigenvalue weighted by Crippen LogP contribution is 2.32. The maximum Gasteiger partial charge on any atom is 0.311 e.